The highest BCUT2D eigenvalue weighted by Crippen LogP contribution is 2.45. The Morgan fingerprint density at radius 2 is 1.90 bits per heavy atom. The zero-order valence-corrected chi connectivity index (χ0v) is 24.3. The summed E-state index contributed by atoms with van der Waals surface area (Å²) in [6.45, 7) is 9.68. The number of aliphatic hydroxyl groups is 1. The SMILES string of the molecule is Cc1cc2cc(n1)NCCCCc1cccc(c1)C[C@@H]([C@H](O)CNC1(c3cc(C(C)(C)C)ccn3)CC1)NC2=O. The van der Waals surface area contributed by atoms with E-state index in [1.807, 2.05) is 13.1 Å². The van der Waals surface area contributed by atoms with Crippen molar-refractivity contribution in [1.82, 2.24) is 20.6 Å². The third-order valence-electron chi connectivity index (χ3n) is 8.16. The molecule has 3 aromatic rings. The third kappa shape index (κ3) is 6.88. The van der Waals surface area contributed by atoms with E-state index in [0.29, 0.717) is 24.3 Å². The summed E-state index contributed by atoms with van der Waals surface area (Å²) in [4.78, 5) is 22.7. The van der Waals surface area contributed by atoms with Crippen molar-refractivity contribution in [2.45, 2.75) is 89.3 Å². The molecule has 2 aliphatic rings. The molecule has 5 rings (SSSR count). The molecule has 3 heterocycles. The van der Waals surface area contributed by atoms with Crippen molar-refractivity contribution in [2.24, 2.45) is 0 Å². The second-order valence-corrected chi connectivity index (χ2v) is 12.6. The average molecular weight is 542 g/mol. The number of aliphatic hydroxyl groups excluding tert-OH is 1. The van der Waals surface area contributed by atoms with Gasteiger partial charge in [0, 0.05) is 30.5 Å². The second kappa shape index (κ2) is 11.7. The molecular weight excluding hydrogens is 498 g/mol. The molecule has 1 aliphatic heterocycles. The van der Waals surface area contributed by atoms with Crippen molar-refractivity contribution < 1.29 is 9.90 Å². The van der Waals surface area contributed by atoms with E-state index in [9.17, 15) is 9.90 Å². The Morgan fingerprint density at radius 1 is 1.10 bits per heavy atom. The van der Waals surface area contributed by atoms with E-state index in [1.165, 1.54) is 11.1 Å². The molecule has 4 bridgehead atoms. The molecule has 7 nitrogen and oxygen atoms in total. The average Bonchev–Trinajstić information content (AvgIpc) is 3.71. The summed E-state index contributed by atoms with van der Waals surface area (Å²) in [6.07, 6.45) is 6.68. The summed E-state index contributed by atoms with van der Waals surface area (Å²) in [6, 6.07) is 15.9. The molecule has 1 fully saturated rings. The van der Waals surface area contributed by atoms with E-state index < -0.39 is 12.1 Å². The summed E-state index contributed by atoms with van der Waals surface area (Å²) in [7, 11) is 0. The van der Waals surface area contributed by atoms with Crippen LogP contribution in [0.5, 0.6) is 0 Å². The summed E-state index contributed by atoms with van der Waals surface area (Å²) in [5.41, 5.74) is 5.81. The van der Waals surface area contributed by atoms with E-state index in [2.05, 4.69) is 78.1 Å². The molecule has 4 N–H and O–H groups in total. The minimum atomic E-state index is -0.785. The van der Waals surface area contributed by atoms with Crippen LogP contribution in [0.4, 0.5) is 5.82 Å². The minimum Gasteiger partial charge on any atom is -0.390 e. The fourth-order valence-corrected chi connectivity index (χ4v) is 5.51. The number of benzene rings is 1. The molecule has 1 amide bonds. The Bertz CT molecular complexity index is 1340. The van der Waals surface area contributed by atoms with Crippen LogP contribution in [0, 0.1) is 6.92 Å². The number of carbonyl (C=O) groups excluding carboxylic acids is 1. The number of nitrogens with one attached hydrogen (secondary N) is 3. The number of hydrogen-bond donors (Lipinski definition) is 4. The van der Waals surface area contributed by atoms with E-state index in [-0.39, 0.29) is 16.9 Å². The standard InChI is InChI=1S/C33H43N5O2/c1-22-16-25-19-30(37-22)35-14-6-5-8-23-9-7-10-24(17-23)18-27(38-31(25)40)28(39)21-36-33(12-13-33)29-20-26(11-15-34-29)32(2,3)4/h7,9-11,15-17,19-20,27-28,36,39H,5-6,8,12-14,18,21H2,1-4H3,(H,35,37)(H,38,40)/t27-,28+/m0/s1. The van der Waals surface area contributed by atoms with Gasteiger partial charge in [-0.3, -0.25) is 9.78 Å². The topological polar surface area (TPSA) is 99.2 Å². The van der Waals surface area contributed by atoms with Crippen LogP contribution < -0.4 is 16.0 Å². The lowest BCUT2D eigenvalue weighted by Gasteiger charge is -2.28. The van der Waals surface area contributed by atoms with Gasteiger partial charge in [0.15, 0.2) is 0 Å². The number of fused-ring (bicyclic) bond motifs is 4. The fraction of sp³-hybridized carbons (Fsp3) is 0.485. The molecule has 212 valence electrons. The fourth-order valence-electron chi connectivity index (χ4n) is 5.51. The number of aromatic nitrogens is 2. The van der Waals surface area contributed by atoms with Crippen LogP contribution in [0.2, 0.25) is 0 Å². The lowest BCUT2D eigenvalue weighted by atomic mass is 9.86. The van der Waals surface area contributed by atoms with Crippen LogP contribution in [0.15, 0.2) is 54.7 Å². The highest BCUT2D eigenvalue weighted by atomic mass is 16.3. The number of carbonyl (C=O) groups is 1. The van der Waals surface area contributed by atoms with Gasteiger partial charge in [-0.2, -0.15) is 0 Å². The first-order chi connectivity index (χ1) is 19.1. The molecule has 0 radical (unpaired) electrons. The predicted molar refractivity (Wildman–Crippen MR) is 160 cm³/mol. The first-order valence-electron chi connectivity index (χ1n) is 14.6. The van der Waals surface area contributed by atoms with Crippen molar-refractivity contribution >= 4 is 11.7 Å². The molecule has 1 aliphatic carbocycles. The number of anilines is 1. The Labute approximate surface area is 238 Å². The molecule has 7 heteroatoms. The summed E-state index contributed by atoms with van der Waals surface area (Å²) >= 11 is 0. The monoisotopic (exact) mass is 541 g/mol. The summed E-state index contributed by atoms with van der Waals surface area (Å²) in [5, 5.41) is 21.7. The van der Waals surface area contributed by atoms with Gasteiger partial charge in [-0.1, -0.05) is 45.0 Å². The van der Waals surface area contributed by atoms with Crippen LogP contribution in [0.3, 0.4) is 0 Å². The molecule has 0 saturated heterocycles. The number of pyridine rings is 2. The van der Waals surface area contributed by atoms with Crippen LogP contribution in [0.1, 0.15) is 84.9 Å². The highest BCUT2D eigenvalue weighted by molar-refractivity contribution is 5.95. The van der Waals surface area contributed by atoms with E-state index >= 15 is 0 Å². The Balaban J connectivity index is 1.37. The van der Waals surface area contributed by atoms with Gasteiger partial charge in [-0.05, 0) is 91.8 Å². The van der Waals surface area contributed by atoms with Crippen LogP contribution in [0.25, 0.3) is 0 Å². The van der Waals surface area contributed by atoms with Gasteiger partial charge in [-0.15, -0.1) is 0 Å². The van der Waals surface area contributed by atoms with Crippen molar-refractivity contribution in [3.8, 4) is 0 Å². The zero-order chi connectivity index (χ0) is 28.3. The number of aryl methyl sites for hydroxylation is 2. The van der Waals surface area contributed by atoms with Crippen LogP contribution >= 0.6 is 0 Å². The van der Waals surface area contributed by atoms with Gasteiger partial charge in [0.05, 0.1) is 23.4 Å². The molecule has 0 spiro atoms. The van der Waals surface area contributed by atoms with Gasteiger partial charge in [0.25, 0.3) is 5.91 Å². The number of hydrogen-bond acceptors (Lipinski definition) is 6. The van der Waals surface area contributed by atoms with Gasteiger partial charge in [-0.25, -0.2) is 4.98 Å². The molecule has 2 aromatic heterocycles. The second-order valence-electron chi connectivity index (χ2n) is 12.6. The maximum Gasteiger partial charge on any atom is 0.251 e. The van der Waals surface area contributed by atoms with Gasteiger partial charge >= 0.3 is 0 Å². The third-order valence-corrected chi connectivity index (χ3v) is 8.16. The van der Waals surface area contributed by atoms with Crippen molar-refractivity contribution in [1.29, 1.82) is 0 Å². The van der Waals surface area contributed by atoms with E-state index in [1.54, 1.807) is 12.1 Å². The van der Waals surface area contributed by atoms with Crippen LogP contribution in [-0.2, 0) is 23.8 Å². The Morgan fingerprint density at radius 3 is 2.67 bits per heavy atom. The minimum absolute atomic E-state index is 0.0391. The predicted octanol–water partition coefficient (Wildman–Crippen LogP) is 4.81. The maximum atomic E-state index is 13.5. The smallest absolute Gasteiger partial charge is 0.251 e. The molecule has 0 unspecified atom stereocenters. The maximum absolute atomic E-state index is 13.5. The molecular formula is C33H43N5O2. The molecule has 1 saturated carbocycles. The number of rotatable bonds is 5. The number of nitrogens with zero attached hydrogens (tertiary/aromatic N) is 2. The normalized spacial score (nSPS) is 19.9. The van der Waals surface area contributed by atoms with E-state index in [0.717, 1.165) is 55.6 Å². The molecule has 40 heavy (non-hydrogen) atoms. The van der Waals surface area contributed by atoms with E-state index in [4.69, 9.17) is 4.98 Å². The lowest BCUT2D eigenvalue weighted by molar-refractivity contribution is 0.0821. The van der Waals surface area contributed by atoms with Gasteiger partial charge in [0.1, 0.15) is 5.82 Å². The molecule has 2 atom stereocenters. The first-order valence-corrected chi connectivity index (χ1v) is 14.6. The summed E-state index contributed by atoms with van der Waals surface area (Å²) < 4.78 is 0. The Kier molecular flexibility index (Phi) is 8.24. The number of amides is 1. The van der Waals surface area contributed by atoms with Crippen molar-refractivity contribution in [3.63, 3.8) is 0 Å². The lowest BCUT2D eigenvalue weighted by Crippen LogP contribution is -2.50. The van der Waals surface area contributed by atoms with Gasteiger partial charge in [0.2, 0.25) is 0 Å². The zero-order valence-electron chi connectivity index (χ0n) is 24.3. The van der Waals surface area contributed by atoms with Crippen molar-refractivity contribution in [2.75, 3.05) is 18.4 Å². The quantitative estimate of drug-likeness (QED) is 0.370. The van der Waals surface area contributed by atoms with Crippen LogP contribution in [-0.4, -0.2) is 46.2 Å². The first kappa shape index (κ1) is 28.2. The highest BCUT2D eigenvalue weighted by Gasteiger charge is 2.46. The largest absolute Gasteiger partial charge is 0.390 e. The van der Waals surface area contributed by atoms with Crippen molar-refractivity contribution in [3.05, 3.63) is 88.4 Å². The van der Waals surface area contributed by atoms with Gasteiger partial charge < -0.3 is 21.1 Å². The summed E-state index contributed by atoms with van der Waals surface area (Å²) in [5.74, 6) is 0.504. The molecule has 1 aromatic carbocycles. The Hall–Kier alpha value is -3.29.